The number of carbonyl (C=O) groups is 2. The van der Waals surface area contributed by atoms with Gasteiger partial charge in [0.2, 0.25) is 5.91 Å². The zero-order valence-electron chi connectivity index (χ0n) is 11.6. The van der Waals surface area contributed by atoms with Gasteiger partial charge >= 0.3 is 5.97 Å². The summed E-state index contributed by atoms with van der Waals surface area (Å²) in [7, 11) is 0. The van der Waals surface area contributed by atoms with Gasteiger partial charge in [-0.15, -0.1) is 0 Å². The Labute approximate surface area is 113 Å². The first-order valence-corrected chi connectivity index (χ1v) is 6.96. The van der Waals surface area contributed by atoms with Gasteiger partial charge in [0.05, 0.1) is 25.7 Å². The smallest absolute Gasteiger partial charge is 0.303 e. The lowest BCUT2D eigenvalue weighted by Gasteiger charge is -2.24. The number of carbonyl (C=O) groups excluding carboxylic acids is 1. The van der Waals surface area contributed by atoms with Crippen molar-refractivity contribution in [3.63, 3.8) is 0 Å². The van der Waals surface area contributed by atoms with Crippen molar-refractivity contribution in [3.8, 4) is 0 Å². The van der Waals surface area contributed by atoms with Gasteiger partial charge in [0.1, 0.15) is 0 Å². The summed E-state index contributed by atoms with van der Waals surface area (Å²) in [5, 5.41) is 11.8. The molecule has 5 nitrogen and oxygen atoms in total. The Bertz CT molecular complexity index is 362. The van der Waals surface area contributed by atoms with Crippen LogP contribution in [0.2, 0.25) is 0 Å². The number of rotatable bonds is 6. The highest BCUT2D eigenvalue weighted by Crippen LogP contribution is 2.40. The van der Waals surface area contributed by atoms with Crippen molar-refractivity contribution in [3.05, 3.63) is 0 Å². The third kappa shape index (κ3) is 4.20. The van der Waals surface area contributed by atoms with Crippen LogP contribution in [0, 0.1) is 17.3 Å². The summed E-state index contributed by atoms with van der Waals surface area (Å²) in [6.45, 7) is 4.95. The Morgan fingerprint density at radius 3 is 2.53 bits per heavy atom. The standard InChI is InChI=1S/C14H23NO4/c1-14(2,6-13(17)18)5-12(16)15-11-8-19-7-10(11)9-3-4-9/h9-11H,3-8H2,1-2H3,(H,15,16)(H,17,18). The molecule has 2 rings (SSSR count). The van der Waals surface area contributed by atoms with E-state index in [1.165, 1.54) is 12.8 Å². The number of carboxylic acids is 1. The van der Waals surface area contributed by atoms with Crippen LogP contribution in [-0.4, -0.2) is 36.2 Å². The number of ether oxygens (including phenoxy) is 1. The molecule has 1 saturated carbocycles. The third-order valence-electron chi connectivity index (χ3n) is 3.97. The molecular weight excluding hydrogens is 246 g/mol. The molecule has 2 unspecified atom stereocenters. The Balaban J connectivity index is 1.81. The summed E-state index contributed by atoms with van der Waals surface area (Å²) in [4.78, 5) is 22.8. The molecule has 0 radical (unpaired) electrons. The summed E-state index contributed by atoms with van der Waals surface area (Å²) >= 11 is 0. The van der Waals surface area contributed by atoms with Crippen molar-refractivity contribution in [1.82, 2.24) is 5.32 Å². The molecule has 1 aliphatic heterocycles. The second-order valence-corrected chi connectivity index (χ2v) is 6.62. The van der Waals surface area contributed by atoms with Gasteiger partial charge in [0.15, 0.2) is 0 Å². The molecular formula is C14H23NO4. The highest BCUT2D eigenvalue weighted by Gasteiger charge is 2.41. The Morgan fingerprint density at radius 1 is 1.26 bits per heavy atom. The SMILES string of the molecule is CC(C)(CC(=O)O)CC(=O)NC1COCC1C1CC1. The van der Waals surface area contributed by atoms with E-state index in [0.29, 0.717) is 18.4 Å². The van der Waals surface area contributed by atoms with Crippen molar-refractivity contribution < 1.29 is 19.4 Å². The Hall–Kier alpha value is -1.10. The van der Waals surface area contributed by atoms with Crippen LogP contribution in [0.3, 0.4) is 0 Å². The van der Waals surface area contributed by atoms with Crippen LogP contribution < -0.4 is 5.32 Å². The van der Waals surface area contributed by atoms with E-state index in [1.807, 2.05) is 13.8 Å². The van der Waals surface area contributed by atoms with Crippen molar-refractivity contribution in [2.75, 3.05) is 13.2 Å². The lowest BCUT2D eigenvalue weighted by molar-refractivity contribution is -0.139. The van der Waals surface area contributed by atoms with Crippen LogP contribution in [0.25, 0.3) is 0 Å². The van der Waals surface area contributed by atoms with Gasteiger partial charge < -0.3 is 15.2 Å². The van der Waals surface area contributed by atoms with Gasteiger partial charge in [-0.3, -0.25) is 9.59 Å². The van der Waals surface area contributed by atoms with Crippen molar-refractivity contribution >= 4 is 11.9 Å². The van der Waals surface area contributed by atoms with E-state index in [0.717, 1.165) is 6.61 Å². The average molecular weight is 269 g/mol. The number of hydrogen-bond donors (Lipinski definition) is 2. The summed E-state index contributed by atoms with van der Waals surface area (Å²) in [6.07, 6.45) is 2.73. The average Bonchev–Trinajstić information content (AvgIpc) is 2.97. The largest absolute Gasteiger partial charge is 0.481 e. The molecule has 0 aromatic heterocycles. The molecule has 108 valence electrons. The fourth-order valence-electron chi connectivity index (χ4n) is 2.87. The molecule has 2 N–H and O–H groups in total. The van der Waals surface area contributed by atoms with Crippen LogP contribution in [0.15, 0.2) is 0 Å². The molecule has 2 aliphatic rings. The number of aliphatic carboxylic acids is 1. The van der Waals surface area contributed by atoms with Gasteiger partial charge in [0.25, 0.3) is 0 Å². The minimum atomic E-state index is -0.863. The molecule has 0 spiro atoms. The minimum Gasteiger partial charge on any atom is -0.481 e. The van der Waals surface area contributed by atoms with E-state index in [-0.39, 0.29) is 24.8 Å². The van der Waals surface area contributed by atoms with Gasteiger partial charge in [-0.2, -0.15) is 0 Å². The first-order valence-electron chi connectivity index (χ1n) is 6.96. The normalized spacial score (nSPS) is 27.3. The molecule has 1 amide bonds. The lowest BCUT2D eigenvalue weighted by Crippen LogP contribution is -2.42. The highest BCUT2D eigenvalue weighted by molar-refractivity contribution is 5.78. The van der Waals surface area contributed by atoms with Crippen LogP contribution >= 0.6 is 0 Å². The summed E-state index contributed by atoms with van der Waals surface area (Å²) in [6, 6.07) is 0.112. The molecule has 0 bridgehead atoms. The molecule has 2 atom stereocenters. The van der Waals surface area contributed by atoms with Crippen LogP contribution in [0.1, 0.15) is 39.5 Å². The van der Waals surface area contributed by atoms with Gasteiger partial charge in [-0.25, -0.2) is 0 Å². The summed E-state index contributed by atoms with van der Waals surface area (Å²) < 4.78 is 5.46. The van der Waals surface area contributed by atoms with E-state index in [9.17, 15) is 9.59 Å². The summed E-state index contributed by atoms with van der Waals surface area (Å²) in [5.74, 6) is 0.233. The quantitative estimate of drug-likeness (QED) is 0.764. The van der Waals surface area contributed by atoms with Gasteiger partial charge in [-0.05, 0) is 24.2 Å². The van der Waals surface area contributed by atoms with Crippen LogP contribution in [0.4, 0.5) is 0 Å². The van der Waals surface area contributed by atoms with E-state index < -0.39 is 11.4 Å². The first kappa shape index (κ1) is 14.3. The molecule has 0 aromatic rings. The molecule has 5 heteroatoms. The molecule has 1 aliphatic carbocycles. The molecule has 1 saturated heterocycles. The van der Waals surface area contributed by atoms with Gasteiger partial charge in [0, 0.05) is 12.3 Å². The lowest BCUT2D eigenvalue weighted by atomic mass is 9.85. The molecule has 1 heterocycles. The second-order valence-electron chi connectivity index (χ2n) is 6.62. The highest BCUT2D eigenvalue weighted by atomic mass is 16.5. The number of nitrogens with one attached hydrogen (secondary N) is 1. The summed E-state index contributed by atoms with van der Waals surface area (Å²) in [5.41, 5.74) is -0.509. The topological polar surface area (TPSA) is 75.6 Å². The molecule has 2 fully saturated rings. The number of amides is 1. The van der Waals surface area contributed by atoms with Gasteiger partial charge in [-0.1, -0.05) is 13.8 Å². The number of carboxylic acid groups (broad SMARTS) is 1. The zero-order valence-corrected chi connectivity index (χ0v) is 11.6. The molecule has 0 aromatic carbocycles. The maximum atomic E-state index is 12.0. The van der Waals surface area contributed by atoms with E-state index in [1.54, 1.807) is 0 Å². The van der Waals surface area contributed by atoms with Crippen LogP contribution in [0.5, 0.6) is 0 Å². The zero-order chi connectivity index (χ0) is 14.0. The monoisotopic (exact) mass is 269 g/mol. The fourth-order valence-corrected chi connectivity index (χ4v) is 2.87. The van der Waals surface area contributed by atoms with E-state index >= 15 is 0 Å². The fraction of sp³-hybridized carbons (Fsp3) is 0.857. The van der Waals surface area contributed by atoms with Crippen molar-refractivity contribution in [1.29, 1.82) is 0 Å². The Kier molecular flexibility index (Phi) is 4.13. The predicted molar refractivity (Wildman–Crippen MR) is 69.6 cm³/mol. The van der Waals surface area contributed by atoms with Crippen molar-refractivity contribution in [2.24, 2.45) is 17.3 Å². The third-order valence-corrected chi connectivity index (χ3v) is 3.97. The van der Waals surface area contributed by atoms with Crippen LogP contribution in [-0.2, 0) is 14.3 Å². The first-order chi connectivity index (χ1) is 8.87. The van der Waals surface area contributed by atoms with E-state index in [4.69, 9.17) is 9.84 Å². The van der Waals surface area contributed by atoms with Crippen molar-refractivity contribution in [2.45, 2.75) is 45.6 Å². The minimum absolute atomic E-state index is 0.00758. The maximum absolute atomic E-state index is 12.0. The van der Waals surface area contributed by atoms with E-state index in [2.05, 4.69) is 5.32 Å². The Morgan fingerprint density at radius 2 is 1.95 bits per heavy atom. The maximum Gasteiger partial charge on any atom is 0.303 e. The molecule has 19 heavy (non-hydrogen) atoms. The number of hydrogen-bond acceptors (Lipinski definition) is 3. The second kappa shape index (κ2) is 5.49. The predicted octanol–water partition coefficient (Wildman–Crippen LogP) is 1.42.